The van der Waals surface area contributed by atoms with Crippen LogP contribution in [-0.4, -0.2) is 20.6 Å². The first kappa shape index (κ1) is 19.6. The molecular weight excluding hydrogens is 381 g/mol. The largest absolute Gasteiger partial charge is 0.370 e. The molecule has 0 bridgehead atoms. The fourth-order valence-corrected chi connectivity index (χ4v) is 3.42. The summed E-state index contributed by atoms with van der Waals surface area (Å²) < 4.78 is 22.9. The Morgan fingerprint density at radius 1 is 1.20 bits per heavy atom. The molecule has 2 aromatic rings. The molecule has 1 unspecified atom stereocenters. The molecule has 25 heavy (non-hydrogen) atoms. The van der Waals surface area contributed by atoms with E-state index in [0.717, 1.165) is 11.1 Å². The van der Waals surface area contributed by atoms with Gasteiger partial charge >= 0.3 is 0 Å². The second-order valence-electron chi connectivity index (χ2n) is 5.65. The van der Waals surface area contributed by atoms with E-state index in [1.54, 1.807) is 36.4 Å². The molecule has 2 rings (SSSR count). The highest BCUT2D eigenvalue weighted by molar-refractivity contribution is 7.90. The topological polar surface area (TPSA) is 84.5 Å². The summed E-state index contributed by atoms with van der Waals surface area (Å²) >= 11 is 12.1. The first-order valence-electron chi connectivity index (χ1n) is 7.47. The van der Waals surface area contributed by atoms with Crippen molar-refractivity contribution in [1.29, 1.82) is 0 Å². The minimum atomic E-state index is -3.20. The van der Waals surface area contributed by atoms with E-state index in [-0.39, 0.29) is 16.9 Å². The molecule has 0 saturated heterocycles. The van der Waals surface area contributed by atoms with Crippen LogP contribution in [0.2, 0.25) is 10.0 Å². The van der Waals surface area contributed by atoms with Crippen LogP contribution < -0.4 is 11.1 Å². The molecule has 1 atom stereocenters. The average Bonchev–Trinajstić information content (AvgIpc) is 2.52. The van der Waals surface area contributed by atoms with Gasteiger partial charge in [0, 0.05) is 16.3 Å². The van der Waals surface area contributed by atoms with Gasteiger partial charge in [0.15, 0.2) is 15.8 Å². The van der Waals surface area contributed by atoms with Crippen LogP contribution in [0.15, 0.2) is 52.4 Å². The van der Waals surface area contributed by atoms with Crippen LogP contribution in [-0.2, 0) is 16.4 Å². The molecule has 0 fully saturated rings. The maximum absolute atomic E-state index is 11.4. The van der Waals surface area contributed by atoms with Gasteiger partial charge in [-0.15, -0.1) is 0 Å². The SMILES string of the molecule is CC(NC(N)=NCc1ccc(S(C)(=O)=O)cc1)c1ccc(Cl)cc1Cl. The van der Waals surface area contributed by atoms with Gasteiger partial charge in [-0.2, -0.15) is 0 Å². The first-order chi connectivity index (χ1) is 11.7. The molecule has 2 aromatic carbocycles. The number of halogens is 2. The van der Waals surface area contributed by atoms with E-state index in [4.69, 9.17) is 28.9 Å². The Labute approximate surface area is 157 Å². The van der Waals surface area contributed by atoms with Gasteiger partial charge in [-0.05, 0) is 42.3 Å². The summed E-state index contributed by atoms with van der Waals surface area (Å²) in [4.78, 5) is 4.54. The number of aliphatic imine (C=N–C) groups is 1. The van der Waals surface area contributed by atoms with Gasteiger partial charge in [0.25, 0.3) is 0 Å². The standard InChI is InChI=1S/C17H19Cl2N3O2S/c1-11(15-8-5-13(18)9-16(15)19)22-17(20)21-10-12-3-6-14(7-4-12)25(2,23)24/h3-9,11H,10H2,1-2H3,(H3,20,21,22). The number of nitrogens with two attached hydrogens (primary N) is 1. The summed E-state index contributed by atoms with van der Waals surface area (Å²) in [6.07, 6.45) is 1.17. The van der Waals surface area contributed by atoms with Crippen molar-refractivity contribution in [1.82, 2.24) is 5.32 Å². The lowest BCUT2D eigenvalue weighted by Crippen LogP contribution is -2.34. The fraction of sp³-hybridized carbons (Fsp3) is 0.235. The monoisotopic (exact) mass is 399 g/mol. The Hall–Kier alpha value is -1.76. The highest BCUT2D eigenvalue weighted by atomic mass is 35.5. The number of benzene rings is 2. The predicted molar refractivity (Wildman–Crippen MR) is 103 cm³/mol. The van der Waals surface area contributed by atoms with Crippen LogP contribution in [0.25, 0.3) is 0 Å². The van der Waals surface area contributed by atoms with Crippen molar-refractivity contribution in [2.24, 2.45) is 10.7 Å². The number of nitrogens with one attached hydrogen (secondary N) is 1. The average molecular weight is 400 g/mol. The third kappa shape index (κ3) is 5.63. The number of sulfone groups is 1. The fourth-order valence-electron chi connectivity index (χ4n) is 2.22. The van der Waals surface area contributed by atoms with Gasteiger partial charge in [-0.1, -0.05) is 41.4 Å². The summed E-state index contributed by atoms with van der Waals surface area (Å²) in [6, 6.07) is 11.7. The van der Waals surface area contributed by atoms with Gasteiger partial charge in [0.05, 0.1) is 17.5 Å². The van der Waals surface area contributed by atoms with E-state index in [1.807, 2.05) is 13.0 Å². The molecule has 0 spiro atoms. The summed E-state index contributed by atoms with van der Waals surface area (Å²) in [5.74, 6) is 0.269. The number of nitrogens with zero attached hydrogens (tertiary/aromatic N) is 1. The van der Waals surface area contributed by atoms with Crippen LogP contribution in [0.5, 0.6) is 0 Å². The second kappa shape index (κ2) is 8.08. The number of rotatable bonds is 5. The molecule has 5 nitrogen and oxygen atoms in total. The van der Waals surface area contributed by atoms with Crippen LogP contribution in [0.3, 0.4) is 0 Å². The van der Waals surface area contributed by atoms with Crippen LogP contribution >= 0.6 is 23.2 Å². The Morgan fingerprint density at radius 2 is 1.84 bits per heavy atom. The molecule has 0 aliphatic carbocycles. The molecule has 0 aliphatic heterocycles. The minimum Gasteiger partial charge on any atom is -0.370 e. The van der Waals surface area contributed by atoms with E-state index < -0.39 is 9.84 Å². The van der Waals surface area contributed by atoms with Crippen LogP contribution in [0, 0.1) is 0 Å². The Morgan fingerprint density at radius 3 is 2.40 bits per heavy atom. The van der Waals surface area contributed by atoms with Gasteiger partial charge in [-0.3, -0.25) is 0 Å². The summed E-state index contributed by atoms with van der Waals surface area (Å²) in [7, 11) is -3.20. The summed E-state index contributed by atoms with van der Waals surface area (Å²) in [6.45, 7) is 2.25. The van der Waals surface area contributed by atoms with Crippen molar-refractivity contribution in [2.45, 2.75) is 24.4 Å². The molecule has 3 N–H and O–H groups in total. The lowest BCUT2D eigenvalue weighted by molar-refractivity contribution is 0.602. The maximum Gasteiger partial charge on any atom is 0.189 e. The lowest BCUT2D eigenvalue weighted by atomic mass is 10.1. The number of guanidine groups is 1. The van der Waals surface area contributed by atoms with Gasteiger partial charge in [0.1, 0.15) is 0 Å². The molecule has 0 amide bonds. The zero-order chi connectivity index (χ0) is 18.6. The van der Waals surface area contributed by atoms with Crippen molar-refractivity contribution < 1.29 is 8.42 Å². The van der Waals surface area contributed by atoms with Crippen molar-refractivity contribution in [2.75, 3.05) is 6.26 Å². The highest BCUT2D eigenvalue weighted by Crippen LogP contribution is 2.25. The quantitative estimate of drug-likeness (QED) is 0.594. The number of hydrogen-bond acceptors (Lipinski definition) is 3. The Balaban J connectivity index is 2.01. The van der Waals surface area contributed by atoms with Crippen LogP contribution in [0.4, 0.5) is 0 Å². The molecule has 0 radical (unpaired) electrons. The first-order valence-corrected chi connectivity index (χ1v) is 10.1. The normalized spacial score (nSPS) is 13.5. The Kier molecular flexibility index (Phi) is 6.32. The minimum absolute atomic E-state index is 0.138. The lowest BCUT2D eigenvalue weighted by Gasteiger charge is -2.16. The molecule has 0 saturated carbocycles. The molecular formula is C17H19Cl2N3O2S. The smallest absolute Gasteiger partial charge is 0.189 e. The third-order valence-corrected chi connectivity index (χ3v) is 5.27. The van der Waals surface area contributed by atoms with Gasteiger partial charge in [0.2, 0.25) is 0 Å². The van der Waals surface area contributed by atoms with Gasteiger partial charge < -0.3 is 11.1 Å². The van der Waals surface area contributed by atoms with E-state index in [2.05, 4.69) is 10.3 Å². The van der Waals surface area contributed by atoms with E-state index >= 15 is 0 Å². The van der Waals surface area contributed by atoms with E-state index in [0.29, 0.717) is 16.6 Å². The van der Waals surface area contributed by atoms with Gasteiger partial charge in [-0.25, -0.2) is 13.4 Å². The van der Waals surface area contributed by atoms with Crippen molar-refractivity contribution in [3.05, 3.63) is 63.6 Å². The molecule has 0 aromatic heterocycles. The number of hydrogen-bond donors (Lipinski definition) is 2. The van der Waals surface area contributed by atoms with E-state index in [1.165, 1.54) is 6.26 Å². The zero-order valence-electron chi connectivity index (χ0n) is 13.8. The highest BCUT2D eigenvalue weighted by Gasteiger charge is 2.11. The van der Waals surface area contributed by atoms with Crippen molar-refractivity contribution in [3.63, 3.8) is 0 Å². The zero-order valence-corrected chi connectivity index (χ0v) is 16.2. The second-order valence-corrected chi connectivity index (χ2v) is 8.51. The maximum atomic E-state index is 11.4. The van der Waals surface area contributed by atoms with Crippen molar-refractivity contribution >= 4 is 39.0 Å². The summed E-state index contributed by atoms with van der Waals surface area (Å²) in [5, 5.41) is 4.19. The van der Waals surface area contributed by atoms with Crippen molar-refractivity contribution in [3.8, 4) is 0 Å². The third-order valence-electron chi connectivity index (χ3n) is 3.58. The predicted octanol–water partition coefficient (Wildman–Crippen LogP) is 3.56. The molecule has 134 valence electrons. The molecule has 0 aliphatic rings. The van der Waals surface area contributed by atoms with Crippen LogP contribution in [0.1, 0.15) is 24.1 Å². The summed E-state index contributed by atoms with van der Waals surface area (Å²) in [5.41, 5.74) is 7.63. The van der Waals surface area contributed by atoms with E-state index in [9.17, 15) is 8.42 Å². The molecule has 8 heteroatoms. The molecule has 0 heterocycles. The Bertz CT molecular complexity index is 881.